The quantitative estimate of drug-likeness (QED) is 0.685. The van der Waals surface area contributed by atoms with Gasteiger partial charge in [-0.25, -0.2) is 0 Å². The Bertz CT molecular complexity index is 226. The van der Waals surface area contributed by atoms with Gasteiger partial charge in [-0.05, 0) is 6.92 Å². The smallest absolute Gasteiger partial charge is 0.131 e. The van der Waals surface area contributed by atoms with Crippen molar-refractivity contribution < 1.29 is 4.74 Å². The van der Waals surface area contributed by atoms with Crippen molar-refractivity contribution in [1.82, 2.24) is 15.5 Å². The first kappa shape index (κ1) is 9.57. The number of methoxy groups -OCH3 is 1. The SMILES string of the molecule is COCCNCc1nnc(C)s1. The Morgan fingerprint density at radius 3 is 2.92 bits per heavy atom. The van der Waals surface area contributed by atoms with E-state index in [-0.39, 0.29) is 0 Å². The molecule has 0 saturated heterocycles. The van der Waals surface area contributed by atoms with Crippen LogP contribution in [0.2, 0.25) is 0 Å². The van der Waals surface area contributed by atoms with Crippen molar-refractivity contribution in [3.63, 3.8) is 0 Å². The third-order valence-corrected chi connectivity index (χ3v) is 2.17. The fraction of sp³-hybridized carbons (Fsp3) is 0.714. The third-order valence-electron chi connectivity index (χ3n) is 1.33. The summed E-state index contributed by atoms with van der Waals surface area (Å²) in [6, 6.07) is 0. The molecule has 0 unspecified atom stereocenters. The average molecular weight is 187 g/mol. The van der Waals surface area contributed by atoms with Gasteiger partial charge in [-0.1, -0.05) is 0 Å². The molecule has 0 aliphatic rings. The van der Waals surface area contributed by atoms with Crippen molar-refractivity contribution in [1.29, 1.82) is 0 Å². The van der Waals surface area contributed by atoms with E-state index in [0.717, 1.165) is 29.7 Å². The Balaban J connectivity index is 2.15. The van der Waals surface area contributed by atoms with Gasteiger partial charge in [0.2, 0.25) is 0 Å². The molecule has 1 aromatic rings. The van der Waals surface area contributed by atoms with Crippen LogP contribution in [0.25, 0.3) is 0 Å². The molecular weight excluding hydrogens is 174 g/mol. The van der Waals surface area contributed by atoms with Crippen molar-refractivity contribution in [2.75, 3.05) is 20.3 Å². The molecule has 68 valence electrons. The van der Waals surface area contributed by atoms with Crippen LogP contribution in [-0.4, -0.2) is 30.5 Å². The standard InChI is InChI=1S/C7H13N3OS/c1-6-9-10-7(12-6)5-8-3-4-11-2/h8H,3-5H2,1-2H3. The van der Waals surface area contributed by atoms with Crippen molar-refractivity contribution >= 4 is 11.3 Å². The largest absolute Gasteiger partial charge is 0.383 e. The van der Waals surface area contributed by atoms with Gasteiger partial charge in [0, 0.05) is 20.2 Å². The van der Waals surface area contributed by atoms with E-state index >= 15 is 0 Å². The molecular formula is C7H13N3OS. The van der Waals surface area contributed by atoms with Gasteiger partial charge in [0.1, 0.15) is 10.0 Å². The first-order valence-corrected chi connectivity index (χ1v) is 4.63. The van der Waals surface area contributed by atoms with Crippen LogP contribution in [0.3, 0.4) is 0 Å². The minimum atomic E-state index is 0.734. The van der Waals surface area contributed by atoms with E-state index in [1.165, 1.54) is 0 Å². The second-order valence-electron chi connectivity index (χ2n) is 2.38. The summed E-state index contributed by atoms with van der Waals surface area (Å²) in [6.07, 6.45) is 0. The highest BCUT2D eigenvalue weighted by atomic mass is 32.1. The predicted octanol–water partition coefficient (Wildman–Crippen LogP) is 0.583. The highest BCUT2D eigenvalue weighted by Crippen LogP contribution is 2.06. The lowest BCUT2D eigenvalue weighted by Crippen LogP contribution is -2.18. The maximum Gasteiger partial charge on any atom is 0.131 e. The zero-order chi connectivity index (χ0) is 8.81. The molecule has 1 aromatic heterocycles. The minimum absolute atomic E-state index is 0.734. The van der Waals surface area contributed by atoms with Crippen LogP contribution in [0.1, 0.15) is 10.0 Å². The summed E-state index contributed by atoms with van der Waals surface area (Å²) in [6.45, 7) is 4.33. The highest BCUT2D eigenvalue weighted by Gasteiger charge is 1.97. The predicted molar refractivity (Wildman–Crippen MR) is 48.2 cm³/mol. The van der Waals surface area contributed by atoms with Gasteiger partial charge in [0.15, 0.2) is 0 Å². The van der Waals surface area contributed by atoms with E-state index in [9.17, 15) is 0 Å². The van der Waals surface area contributed by atoms with E-state index in [4.69, 9.17) is 4.74 Å². The molecule has 1 heterocycles. The fourth-order valence-electron chi connectivity index (χ4n) is 0.778. The maximum absolute atomic E-state index is 4.89. The molecule has 0 aliphatic heterocycles. The summed E-state index contributed by atoms with van der Waals surface area (Å²) >= 11 is 1.62. The van der Waals surface area contributed by atoms with E-state index in [2.05, 4.69) is 15.5 Å². The summed E-state index contributed by atoms with van der Waals surface area (Å²) in [5.41, 5.74) is 0. The van der Waals surface area contributed by atoms with Gasteiger partial charge >= 0.3 is 0 Å². The zero-order valence-corrected chi connectivity index (χ0v) is 8.15. The summed E-state index contributed by atoms with van der Waals surface area (Å²) in [7, 11) is 1.69. The fourth-order valence-corrected chi connectivity index (χ4v) is 1.46. The number of nitrogens with zero attached hydrogens (tertiary/aromatic N) is 2. The summed E-state index contributed by atoms with van der Waals surface area (Å²) in [4.78, 5) is 0. The Labute approximate surface area is 76.0 Å². The summed E-state index contributed by atoms with van der Waals surface area (Å²) in [5, 5.41) is 13.1. The van der Waals surface area contributed by atoms with E-state index < -0.39 is 0 Å². The molecule has 0 spiro atoms. The molecule has 1 rings (SSSR count). The Morgan fingerprint density at radius 2 is 2.33 bits per heavy atom. The second-order valence-corrected chi connectivity index (χ2v) is 3.65. The number of hydrogen-bond donors (Lipinski definition) is 1. The van der Waals surface area contributed by atoms with Crippen molar-refractivity contribution in [2.24, 2.45) is 0 Å². The molecule has 12 heavy (non-hydrogen) atoms. The van der Waals surface area contributed by atoms with Gasteiger partial charge in [-0.3, -0.25) is 0 Å². The molecule has 0 amide bonds. The van der Waals surface area contributed by atoms with Gasteiger partial charge in [-0.15, -0.1) is 21.5 Å². The summed E-state index contributed by atoms with van der Waals surface area (Å²) in [5.74, 6) is 0. The van der Waals surface area contributed by atoms with Gasteiger partial charge in [0.25, 0.3) is 0 Å². The third kappa shape index (κ3) is 3.25. The molecule has 5 heteroatoms. The van der Waals surface area contributed by atoms with Crippen LogP contribution in [0, 0.1) is 6.92 Å². The number of ether oxygens (including phenoxy) is 1. The monoisotopic (exact) mass is 187 g/mol. The van der Waals surface area contributed by atoms with Crippen LogP contribution >= 0.6 is 11.3 Å². The molecule has 0 radical (unpaired) electrons. The molecule has 0 atom stereocenters. The van der Waals surface area contributed by atoms with Crippen LogP contribution in [-0.2, 0) is 11.3 Å². The molecule has 0 fully saturated rings. The van der Waals surface area contributed by atoms with E-state index in [0.29, 0.717) is 0 Å². The van der Waals surface area contributed by atoms with Crippen LogP contribution in [0.4, 0.5) is 0 Å². The number of hydrogen-bond acceptors (Lipinski definition) is 5. The van der Waals surface area contributed by atoms with Gasteiger partial charge < -0.3 is 10.1 Å². The number of aryl methyl sites for hydroxylation is 1. The molecule has 0 bridgehead atoms. The number of nitrogens with one attached hydrogen (secondary N) is 1. The lowest BCUT2D eigenvalue weighted by Gasteiger charge is -1.99. The molecule has 0 aromatic carbocycles. The van der Waals surface area contributed by atoms with Crippen LogP contribution < -0.4 is 5.32 Å². The zero-order valence-electron chi connectivity index (χ0n) is 7.33. The highest BCUT2D eigenvalue weighted by molar-refractivity contribution is 7.11. The first-order chi connectivity index (χ1) is 5.83. The molecule has 4 nitrogen and oxygen atoms in total. The lowest BCUT2D eigenvalue weighted by molar-refractivity contribution is 0.199. The Kier molecular flexibility index (Phi) is 4.13. The van der Waals surface area contributed by atoms with Crippen molar-refractivity contribution in [3.8, 4) is 0 Å². The van der Waals surface area contributed by atoms with Crippen molar-refractivity contribution in [2.45, 2.75) is 13.5 Å². The topological polar surface area (TPSA) is 47.0 Å². The Hall–Kier alpha value is -0.520. The van der Waals surface area contributed by atoms with E-state index in [1.54, 1.807) is 18.4 Å². The second kappa shape index (κ2) is 5.18. The first-order valence-electron chi connectivity index (χ1n) is 3.81. The number of rotatable bonds is 5. The minimum Gasteiger partial charge on any atom is -0.383 e. The molecule has 0 aliphatic carbocycles. The lowest BCUT2D eigenvalue weighted by atomic mass is 10.6. The summed E-state index contributed by atoms with van der Waals surface area (Å²) < 4.78 is 4.89. The van der Waals surface area contributed by atoms with Crippen LogP contribution in [0.15, 0.2) is 0 Å². The van der Waals surface area contributed by atoms with Crippen molar-refractivity contribution in [3.05, 3.63) is 10.0 Å². The van der Waals surface area contributed by atoms with Gasteiger partial charge in [0.05, 0.1) is 6.61 Å². The molecule has 0 saturated carbocycles. The average Bonchev–Trinajstić information content (AvgIpc) is 2.45. The van der Waals surface area contributed by atoms with Crippen LogP contribution in [0.5, 0.6) is 0 Å². The molecule has 1 N–H and O–H groups in total. The van der Waals surface area contributed by atoms with E-state index in [1.807, 2.05) is 6.92 Å². The normalized spacial score (nSPS) is 10.5. The van der Waals surface area contributed by atoms with Gasteiger partial charge in [-0.2, -0.15) is 0 Å². The Morgan fingerprint density at radius 1 is 1.50 bits per heavy atom. The number of aromatic nitrogens is 2. The maximum atomic E-state index is 4.89.